The molecular formula is C18H11F2N3O2S. The molecule has 5 nitrogen and oxygen atoms in total. The molecule has 0 saturated carbocycles. The number of para-hydroxylation sites is 1. The van der Waals surface area contributed by atoms with Crippen molar-refractivity contribution in [3.63, 3.8) is 0 Å². The number of nitrogens with zero attached hydrogens (tertiary/aromatic N) is 1. The number of aromatic amines is 1. The Hall–Kier alpha value is -3.13. The van der Waals surface area contributed by atoms with E-state index in [0.717, 1.165) is 29.0 Å². The number of carbonyl (C=O) groups is 2. The number of H-pyrrole nitrogens is 1. The third-order valence-electron chi connectivity index (χ3n) is 3.98. The molecule has 0 aliphatic rings. The Morgan fingerprint density at radius 1 is 1.15 bits per heavy atom. The first-order chi connectivity index (χ1) is 12.4. The van der Waals surface area contributed by atoms with Crippen molar-refractivity contribution in [2.24, 2.45) is 0 Å². The number of carbonyl (C=O) groups excluding carboxylic acids is 2. The molecule has 4 rings (SSSR count). The zero-order chi connectivity index (χ0) is 18.4. The topological polar surface area (TPSA) is 74.8 Å². The highest BCUT2D eigenvalue weighted by atomic mass is 32.1. The zero-order valence-corrected chi connectivity index (χ0v) is 14.2. The summed E-state index contributed by atoms with van der Waals surface area (Å²) in [7, 11) is 0. The lowest BCUT2D eigenvalue weighted by Gasteiger charge is -2.01. The number of thiazole rings is 1. The number of ketones is 1. The lowest BCUT2D eigenvalue weighted by atomic mass is 10.1. The van der Waals surface area contributed by atoms with Crippen molar-refractivity contribution in [1.82, 2.24) is 9.97 Å². The summed E-state index contributed by atoms with van der Waals surface area (Å²) in [6.07, 6.45) is 0. The highest BCUT2D eigenvalue weighted by molar-refractivity contribution is 7.22. The van der Waals surface area contributed by atoms with Gasteiger partial charge in [0.2, 0.25) is 0 Å². The van der Waals surface area contributed by atoms with Crippen LogP contribution in [0.3, 0.4) is 0 Å². The fourth-order valence-corrected chi connectivity index (χ4v) is 3.68. The van der Waals surface area contributed by atoms with Crippen LogP contribution in [0.4, 0.5) is 13.9 Å². The molecule has 0 atom stereocenters. The minimum absolute atomic E-state index is 0.0980. The monoisotopic (exact) mass is 371 g/mol. The number of anilines is 1. The molecule has 0 bridgehead atoms. The van der Waals surface area contributed by atoms with Crippen LogP contribution >= 0.6 is 11.3 Å². The summed E-state index contributed by atoms with van der Waals surface area (Å²) in [5.41, 5.74) is 1.84. The number of Topliss-reactive ketones (excluding diaryl/α,β-unsaturated/α-hetero) is 1. The van der Waals surface area contributed by atoms with Crippen LogP contribution in [0.2, 0.25) is 0 Å². The average molecular weight is 371 g/mol. The highest BCUT2D eigenvalue weighted by Crippen LogP contribution is 2.28. The second kappa shape index (κ2) is 5.99. The summed E-state index contributed by atoms with van der Waals surface area (Å²) in [5, 5.41) is 3.16. The average Bonchev–Trinajstić information content (AvgIpc) is 3.13. The Kier molecular flexibility index (Phi) is 3.77. The van der Waals surface area contributed by atoms with E-state index in [1.165, 1.54) is 0 Å². The fourth-order valence-electron chi connectivity index (χ4n) is 2.81. The van der Waals surface area contributed by atoms with Gasteiger partial charge in [0, 0.05) is 22.7 Å². The number of halogens is 2. The normalized spacial score (nSPS) is 11.2. The molecule has 2 N–H and O–H groups in total. The van der Waals surface area contributed by atoms with Crippen LogP contribution in [0.25, 0.3) is 21.1 Å². The first-order valence-electron chi connectivity index (χ1n) is 7.62. The Balaban J connectivity index is 1.65. The molecule has 8 heteroatoms. The maximum Gasteiger partial charge on any atom is 0.298 e. The van der Waals surface area contributed by atoms with E-state index < -0.39 is 23.3 Å². The van der Waals surface area contributed by atoms with Crippen molar-refractivity contribution >= 4 is 49.3 Å². The molecule has 0 radical (unpaired) electrons. The van der Waals surface area contributed by atoms with Gasteiger partial charge in [-0.25, -0.2) is 13.8 Å². The van der Waals surface area contributed by atoms with Gasteiger partial charge >= 0.3 is 0 Å². The van der Waals surface area contributed by atoms with Gasteiger partial charge in [0.25, 0.3) is 11.7 Å². The van der Waals surface area contributed by atoms with Gasteiger partial charge in [-0.05, 0) is 19.1 Å². The van der Waals surface area contributed by atoms with Gasteiger partial charge in [-0.15, -0.1) is 0 Å². The molecule has 1 amide bonds. The van der Waals surface area contributed by atoms with Crippen molar-refractivity contribution in [1.29, 1.82) is 0 Å². The number of nitrogens with one attached hydrogen (secondary N) is 2. The van der Waals surface area contributed by atoms with E-state index in [2.05, 4.69) is 15.3 Å². The van der Waals surface area contributed by atoms with Gasteiger partial charge < -0.3 is 4.98 Å². The number of fused-ring (bicyclic) bond motifs is 2. The Morgan fingerprint density at radius 2 is 1.88 bits per heavy atom. The first kappa shape index (κ1) is 16.3. The Morgan fingerprint density at radius 3 is 2.69 bits per heavy atom. The maximum atomic E-state index is 13.3. The second-order valence-electron chi connectivity index (χ2n) is 5.71. The van der Waals surface area contributed by atoms with Crippen molar-refractivity contribution < 1.29 is 18.4 Å². The summed E-state index contributed by atoms with van der Waals surface area (Å²) < 4.78 is 26.9. The van der Waals surface area contributed by atoms with Gasteiger partial charge in [0.1, 0.15) is 0 Å². The number of aromatic nitrogens is 2. The molecule has 4 aromatic rings. The van der Waals surface area contributed by atoms with Crippen LogP contribution in [0.5, 0.6) is 0 Å². The SMILES string of the molecule is Cc1[nH]c2ccccc2c1C(=O)C(=O)Nc1nc2cc(F)c(F)cc2s1. The van der Waals surface area contributed by atoms with Gasteiger partial charge in [0.05, 0.1) is 15.8 Å². The first-order valence-corrected chi connectivity index (χ1v) is 8.44. The predicted molar refractivity (Wildman–Crippen MR) is 95.5 cm³/mol. The molecular weight excluding hydrogens is 360 g/mol. The van der Waals surface area contributed by atoms with E-state index in [1.807, 2.05) is 12.1 Å². The molecule has 0 fully saturated rings. The molecule has 26 heavy (non-hydrogen) atoms. The smallest absolute Gasteiger partial charge is 0.298 e. The summed E-state index contributed by atoms with van der Waals surface area (Å²) >= 11 is 0.961. The predicted octanol–water partition coefficient (Wildman–Crippen LogP) is 4.19. The van der Waals surface area contributed by atoms with E-state index in [0.29, 0.717) is 15.8 Å². The van der Waals surface area contributed by atoms with Gasteiger partial charge in [-0.1, -0.05) is 29.5 Å². The van der Waals surface area contributed by atoms with Crippen molar-refractivity contribution in [2.45, 2.75) is 6.92 Å². The molecule has 0 spiro atoms. The van der Waals surface area contributed by atoms with Crippen LogP contribution in [-0.4, -0.2) is 21.7 Å². The molecule has 0 unspecified atom stereocenters. The van der Waals surface area contributed by atoms with E-state index >= 15 is 0 Å². The number of aryl methyl sites for hydroxylation is 1. The second-order valence-corrected chi connectivity index (χ2v) is 6.74. The molecule has 2 aromatic heterocycles. The minimum Gasteiger partial charge on any atom is -0.358 e. The van der Waals surface area contributed by atoms with E-state index in [4.69, 9.17) is 0 Å². The fraction of sp³-hybridized carbons (Fsp3) is 0.0556. The lowest BCUT2D eigenvalue weighted by Crippen LogP contribution is -2.23. The summed E-state index contributed by atoms with van der Waals surface area (Å²) in [5.74, 6) is -3.59. The van der Waals surface area contributed by atoms with Crippen LogP contribution < -0.4 is 5.32 Å². The highest BCUT2D eigenvalue weighted by Gasteiger charge is 2.23. The maximum absolute atomic E-state index is 13.3. The summed E-state index contributed by atoms with van der Waals surface area (Å²) in [4.78, 5) is 32.0. The number of hydrogen-bond acceptors (Lipinski definition) is 4. The zero-order valence-electron chi connectivity index (χ0n) is 13.4. The van der Waals surface area contributed by atoms with E-state index in [9.17, 15) is 18.4 Å². The minimum atomic E-state index is -1.02. The summed E-state index contributed by atoms with van der Waals surface area (Å²) in [6.45, 7) is 1.71. The third-order valence-corrected chi connectivity index (χ3v) is 4.91. The molecule has 0 saturated heterocycles. The van der Waals surface area contributed by atoms with Crippen molar-refractivity contribution in [2.75, 3.05) is 5.32 Å². The molecule has 2 aromatic carbocycles. The van der Waals surface area contributed by atoms with Crippen LogP contribution in [0.1, 0.15) is 16.1 Å². The Bertz CT molecular complexity index is 1160. The van der Waals surface area contributed by atoms with E-state index in [1.54, 1.807) is 19.1 Å². The van der Waals surface area contributed by atoms with Crippen LogP contribution in [-0.2, 0) is 4.79 Å². The summed E-state index contributed by atoms with van der Waals surface area (Å²) in [6, 6.07) is 9.12. The van der Waals surface area contributed by atoms with Gasteiger partial charge in [0.15, 0.2) is 16.8 Å². The number of hydrogen-bond donors (Lipinski definition) is 2. The van der Waals surface area contributed by atoms with Crippen molar-refractivity contribution in [3.05, 3.63) is 59.3 Å². The number of rotatable bonds is 3. The standard InChI is InChI=1S/C18H11F2N3O2S/c1-8-15(9-4-2-3-5-12(9)21-8)16(24)17(25)23-18-22-13-6-10(19)11(20)7-14(13)26-18/h2-7,21H,1H3,(H,22,23,25). The molecule has 130 valence electrons. The lowest BCUT2D eigenvalue weighted by molar-refractivity contribution is -0.112. The third kappa shape index (κ3) is 2.64. The van der Waals surface area contributed by atoms with Crippen molar-refractivity contribution in [3.8, 4) is 0 Å². The Labute approximate surface area is 149 Å². The molecule has 0 aliphatic heterocycles. The van der Waals surface area contributed by atoms with Gasteiger partial charge in [-0.2, -0.15) is 0 Å². The molecule has 0 aliphatic carbocycles. The van der Waals surface area contributed by atoms with Crippen LogP contribution in [0.15, 0.2) is 36.4 Å². The largest absolute Gasteiger partial charge is 0.358 e. The molecule has 2 heterocycles. The quantitative estimate of drug-likeness (QED) is 0.419. The number of amides is 1. The van der Waals surface area contributed by atoms with Crippen LogP contribution in [0, 0.1) is 18.6 Å². The van der Waals surface area contributed by atoms with Gasteiger partial charge in [-0.3, -0.25) is 14.9 Å². The van der Waals surface area contributed by atoms with E-state index in [-0.39, 0.29) is 16.2 Å². The number of benzene rings is 2.